The van der Waals surface area contributed by atoms with Gasteiger partial charge in [0.05, 0.1) is 6.61 Å². The van der Waals surface area contributed by atoms with E-state index in [9.17, 15) is 4.79 Å². The van der Waals surface area contributed by atoms with Crippen molar-refractivity contribution in [1.82, 2.24) is 10.2 Å². The van der Waals surface area contributed by atoms with Crippen molar-refractivity contribution in [2.24, 2.45) is 0 Å². The second-order valence-electron chi connectivity index (χ2n) is 5.31. The second kappa shape index (κ2) is 7.74. The summed E-state index contributed by atoms with van der Waals surface area (Å²) in [6.45, 7) is 7.76. The summed E-state index contributed by atoms with van der Waals surface area (Å²) in [6.07, 6.45) is 5.88. The SMILES string of the molecule is CCOC(=O)C(C)(CCCN1CCCCC1)NC. The highest BCUT2D eigenvalue weighted by molar-refractivity contribution is 5.80. The predicted octanol–water partition coefficient (Wildman–Crippen LogP) is 1.79. The molecule has 0 radical (unpaired) electrons. The number of ether oxygens (including phenoxy) is 1. The van der Waals surface area contributed by atoms with Crippen molar-refractivity contribution in [3.05, 3.63) is 0 Å². The molecule has 0 aromatic heterocycles. The molecule has 1 fully saturated rings. The Morgan fingerprint density at radius 1 is 1.33 bits per heavy atom. The van der Waals surface area contributed by atoms with Gasteiger partial charge in [0.25, 0.3) is 0 Å². The molecule has 1 aliphatic rings. The number of hydrogen-bond donors (Lipinski definition) is 1. The van der Waals surface area contributed by atoms with Crippen LogP contribution in [0.1, 0.15) is 46.0 Å². The normalized spacial score (nSPS) is 20.4. The molecule has 18 heavy (non-hydrogen) atoms. The van der Waals surface area contributed by atoms with Crippen LogP contribution in [0.4, 0.5) is 0 Å². The molecule has 0 aromatic rings. The van der Waals surface area contributed by atoms with Gasteiger partial charge in [-0.15, -0.1) is 0 Å². The Morgan fingerprint density at radius 2 is 2.00 bits per heavy atom. The Labute approximate surface area is 111 Å². The topological polar surface area (TPSA) is 41.6 Å². The molecule has 0 amide bonds. The van der Waals surface area contributed by atoms with Gasteiger partial charge in [0.1, 0.15) is 5.54 Å². The lowest BCUT2D eigenvalue weighted by atomic mass is 9.95. The molecule has 106 valence electrons. The maximum Gasteiger partial charge on any atom is 0.326 e. The van der Waals surface area contributed by atoms with Gasteiger partial charge in [0.15, 0.2) is 0 Å². The zero-order valence-corrected chi connectivity index (χ0v) is 12.1. The molecule has 1 N–H and O–H groups in total. The van der Waals surface area contributed by atoms with Crippen molar-refractivity contribution >= 4 is 5.97 Å². The van der Waals surface area contributed by atoms with Crippen LogP contribution >= 0.6 is 0 Å². The van der Waals surface area contributed by atoms with Crippen LogP contribution in [-0.2, 0) is 9.53 Å². The number of likely N-dealkylation sites (tertiary alicyclic amines) is 1. The molecule has 0 aliphatic carbocycles. The Hall–Kier alpha value is -0.610. The lowest BCUT2D eigenvalue weighted by Crippen LogP contribution is -2.49. The monoisotopic (exact) mass is 256 g/mol. The highest BCUT2D eigenvalue weighted by Gasteiger charge is 2.32. The standard InChI is InChI=1S/C14H28N2O2/c1-4-18-13(17)14(2,15-3)9-8-12-16-10-6-5-7-11-16/h15H,4-12H2,1-3H3. The highest BCUT2D eigenvalue weighted by atomic mass is 16.5. The third-order valence-electron chi connectivity index (χ3n) is 3.88. The Bertz CT molecular complexity index is 252. The summed E-state index contributed by atoms with van der Waals surface area (Å²) in [5.74, 6) is -0.133. The number of carbonyl (C=O) groups is 1. The molecule has 0 saturated carbocycles. The lowest BCUT2D eigenvalue weighted by Gasteiger charge is -2.30. The predicted molar refractivity (Wildman–Crippen MR) is 73.6 cm³/mol. The van der Waals surface area contributed by atoms with Crippen LogP contribution in [0.15, 0.2) is 0 Å². The first kappa shape index (κ1) is 15.4. The van der Waals surface area contributed by atoms with Crippen LogP contribution in [0.5, 0.6) is 0 Å². The smallest absolute Gasteiger partial charge is 0.326 e. The van der Waals surface area contributed by atoms with Crippen LogP contribution in [0, 0.1) is 0 Å². The van der Waals surface area contributed by atoms with Gasteiger partial charge >= 0.3 is 5.97 Å². The molecule has 1 unspecified atom stereocenters. The Balaban J connectivity index is 2.31. The number of rotatable bonds is 7. The van der Waals surface area contributed by atoms with Gasteiger partial charge in [0, 0.05) is 0 Å². The number of carbonyl (C=O) groups excluding carboxylic acids is 1. The molecule has 0 aromatic carbocycles. The van der Waals surface area contributed by atoms with Crippen LogP contribution < -0.4 is 5.32 Å². The number of likely N-dealkylation sites (N-methyl/N-ethyl adjacent to an activating group) is 1. The fourth-order valence-corrected chi connectivity index (χ4v) is 2.46. The molecule has 0 spiro atoms. The number of nitrogens with zero attached hydrogens (tertiary/aromatic N) is 1. The van der Waals surface area contributed by atoms with Gasteiger partial charge in [-0.1, -0.05) is 6.42 Å². The van der Waals surface area contributed by atoms with E-state index in [-0.39, 0.29) is 5.97 Å². The molecule has 1 aliphatic heterocycles. The van der Waals surface area contributed by atoms with E-state index in [1.54, 1.807) is 0 Å². The first-order valence-electron chi connectivity index (χ1n) is 7.21. The molecular weight excluding hydrogens is 228 g/mol. The fraction of sp³-hybridized carbons (Fsp3) is 0.929. The van der Waals surface area contributed by atoms with E-state index in [4.69, 9.17) is 4.74 Å². The van der Waals surface area contributed by atoms with Gasteiger partial charge in [-0.3, -0.25) is 4.79 Å². The third kappa shape index (κ3) is 4.58. The van der Waals surface area contributed by atoms with E-state index in [0.717, 1.165) is 19.4 Å². The first-order chi connectivity index (χ1) is 8.62. The van der Waals surface area contributed by atoms with Gasteiger partial charge < -0.3 is 15.0 Å². The minimum Gasteiger partial charge on any atom is -0.465 e. The number of piperidine rings is 1. The van der Waals surface area contributed by atoms with Gasteiger partial charge in [0.2, 0.25) is 0 Å². The molecule has 4 nitrogen and oxygen atoms in total. The molecular formula is C14H28N2O2. The first-order valence-corrected chi connectivity index (χ1v) is 7.21. The lowest BCUT2D eigenvalue weighted by molar-refractivity contribution is -0.150. The van der Waals surface area contributed by atoms with Crippen LogP contribution in [-0.4, -0.2) is 49.7 Å². The van der Waals surface area contributed by atoms with E-state index in [0.29, 0.717) is 6.61 Å². The van der Waals surface area contributed by atoms with E-state index < -0.39 is 5.54 Å². The number of nitrogens with one attached hydrogen (secondary N) is 1. The zero-order valence-electron chi connectivity index (χ0n) is 12.1. The van der Waals surface area contributed by atoms with Crippen molar-refractivity contribution in [2.75, 3.05) is 33.3 Å². The summed E-state index contributed by atoms with van der Waals surface area (Å²) >= 11 is 0. The summed E-state index contributed by atoms with van der Waals surface area (Å²) in [6, 6.07) is 0. The largest absolute Gasteiger partial charge is 0.465 e. The van der Waals surface area contributed by atoms with Crippen molar-refractivity contribution < 1.29 is 9.53 Å². The summed E-state index contributed by atoms with van der Waals surface area (Å²) in [5, 5.41) is 3.11. The van der Waals surface area contributed by atoms with E-state index in [1.807, 2.05) is 20.9 Å². The van der Waals surface area contributed by atoms with E-state index in [1.165, 1.54) is 32.4 Å². The Kier molecular flexibility index (Phi) is 6.65. The molecule has 1 atom stereocenters. The molecule has 1 rings (SSSR count). The highest BCUT2D eigenvalue weighted by Crippen LogP contribution is 2.16. The van der Waals surface area contributed by atoms with Gasteiger partial charge in [-0.25, -0.2) is 0 Å². The van der Waals surface area contributed by atoms with Crippen LogP contribution in [0.25, 0.3) is 0 Å². The second-order valence-corrected chi connectivity index (χ2v) is 5.31. The van der Waals surface area contributed by atoms with Crippen molar-refractivity contribution in [1.29, 1.82) is 0 Å². The van der Waals surface area contributed by atoms with E-state index >= 15 is 0 Å². The van der Waals surface area contributed by atoms with Crippen molar-refractivity contribution in [3.63, 3.8) is 0 Å². The maximum atomic E-state index is 11.9. The molecule has 1 heterocycles. The summed E-state index contributed by atoms with van der Waals surface area (Å²) < 4.78 is 5.13. The minimum atomic E-state index is -0.536. The molecule has 0 bridgehead atoms. The van der Waals surface area contributed by atoms with Crippen LogP contribution in [0.3, 0.4) is 0 Å². The minimum absolute atomic E-state index is 0.133. The third-order valence-corrected chi connectivity index (χ3v) is 3.88. The number of esters is 1. The van der Waals surface area contributed by atoms with Crippen LogP contribution in [0.2, 0.25) is 0 Å². The Morgan fingerprint density at radius 3 is 2.56 bits per heavy atom. The van der Waals surface area contributed by atoms with Gasteiger partial charge in [-0.05, 0) is 66.2 Å². The van der Waals surface area contributed by atoms with Gasteiger partial charge in [-0.2, -0.15) is 0 Å². The molecule has 4 heteroatoms. The zero-order chi connectivity index (χ0) is 13.4. The average molecular weight is 256 g/mol. The van der Waals surface area contributed by atoms with Crippen molar-refractivity contribution in [3.8, 4) is 0 Å². The summed E-state index contributed by atoms with van der Waals surface area (Å²) in [4.78, 5) is 14.4. The average Bonchev–Trinajstić information content (AvgIpc) is 2.40. The summed E-state index contributed by atoms with van der Waals surface area (Å²) in [7, 11) is 1.83. The maximum absolute atomic E-state index is 11.9. The van der Waals surface area contributed by atoms with Crippen molar-refractivity contribution in [2.45, 2.75) is 51.5 Å². The van der Waals surface area contributed by atoms with E-state index in [2.05, 4.69) is 10.2 Å². The molecule has 1 saturated heterocycles. The summed E-state index contributed by atoms with van der Waals surface area (Å²) in [5.41, 5.74) is -0.536. The number of hydrogen-bond acceptors (Lipinski definition) is 4. The fourth-order valence-electron chi connectivity index (χ4n) is 2.46. The quantitative estimate of drug-likeness (QED) is 0.705.